The quantitative estimate of drug-likeness (QED) is 0.901. The molecule has 2 aliphatic rings. The first-order chi connectivity index (χ1) is 11.6. The van der Waals surface area contributed by atoms with Crippen LogP contribution in [0.5, 0.6) is 0 Å². The summed E-state index contributed by atoms with van der Waals surface area (Å²) < 4.78 is 13.6. The molecular formula is C19H16FNO2S. The Labute approximate surface area is 143 Å². The molecule has 2 aromatic rings. The van der Waals surface area contributed by atoms with Gasteiger partial charge in [0.1, 0.15) is 5.82 Å². The average Bonchev–Trinajstić information content (AvgIpc) is 3.08. The Balaban J connectivity index is 1.74. The van der Waals surface area contributed by atoms with Gasteiger partial charge in [-0.1, -0.05) is 18.2 Å². The van der Waals surface area contributed by atoms with Crippen molar-refractivity contribution in [1.82, 2.24) is 5.32 Å². The van der Waals surface area contributed by atoms with Gasteiger partial charge in [-0.3, -0.25) is 9.59 Å². The van der Waals surface area contributed by atoms with E-state index in [-0.39, 0.29) is 35.8 Å². The largest absolute Gasteiger partial charge is 0.329 e. The molecule has 1 aliphatic carbocycles. The van der Waals surface area contributed by atoms with Crippen LogP contribution in [0.3, 0.4) is 0 Å². The fourth-order valence-electron chi connectivity index (χ4n) is 3.69. The molecule has 3 nitrogen and oxygen atoms in total. The Bertz CT molecular complexity index is 841. The summed E-state index contributed by atoms with van der Waals surface area (Å²) in [5, 5.41) is 4.88. The predicted octanol–water partition coefficient (Wildman–Crippen LogP) is 3.89. The molecule has 5 heteroatoms. The third-order valence-corrected chi connectivity index (χ3v) is 5.77. The zero-order valence-corrected chi connectivity index (χ0v) is 13.7. The molecule has 1 aromatic carbocycles. The van der Waals surface area contributed by atoms with Gasteiger partial charge < -0.3 is 5.32 Å². The summed E-state index contributed by atoms with van der Waals surface area (Å²) in [6.45, 7) is 0. The number of allylic oxidation sites excluding steroid dienone is 2. The smallest absolute Gasteiger partial charge is 0.225 e. The molecule has 2 atom stereocenters. The first-order valence-corrected chi connectivity index (χ1v) is 8.84. The first-order valence-electron chi connectivity index (χ1n) is 7.97. The summed E-state index contributed by atoms with van der Waals surface area (Å²) in [7, 11) is 0. The van der Waals surface area contributed by atoms with Gasteiger partial charge in [0.05, 0.1) is 0 Å². The molecule has 1 aliphatic heterocycles. The molecule has 0 saturated carbocycles. The zero-order valence-electron chi connectivity index (χ0n) is 12.9. The maximum atomic E-state index is 13.6. The molecule has 122 valence electrons. The minimum atomic E-state index is -0.347. The van der Waals surface area contributed by atoms with Crippen LogP contribution in [-0.4, -0.2) is 11.7 Å². The maximum Gasteiger partial charge on any atom is 0.225 e. The van der Waals surface area contributed by atoms with Crippen LogP contribution >= 0.6 is 11.3 Å². The van der Waals surface area contributed by atoms with E-state index < -0.39 is 0 Å². The van der Waals surface area contributed by atoms with E-state index in [4.69, 9.17) is 0 Å². The summed E-state index contributed by atoms with van der Waals surface area (Å²) in [6.07, 6.45) is 1.29. The van der Waals surface area contributed by atoms with Gasteiger partial charge in [0.2, 0.25) is 5.91 Å². The Kier molecular flexibility index (Phi) is 3.81. The van der Waals surface area contributed by atoms with Crippen molar-refractivity contribution >= 4 is 23.0 Å². The van der Waals surface area contributed by atoms with E-state index >= 15 is 0 Å². The number of Topliss-reactive ketones (excluding diaryl/α,β-unsaturated/α-hetero) is 1. The number of ketones is 1. The summed E-state index contributed by atoms with van der Waals surface area (Å²) in [5.41, 5.74) is 2.07. The van der Waals surface area contributed by atoms with Crippen molar-refractivity contribution in [2.45, 2.75) is 31.1 Å². The Morgan fingerprint density at radius 3 is 2.71 bits per heavy atom. The Hall–Kier alpha value is -2.27. The third kappa shape index (κ3) is 2.69. The maximum absolute atomic E-state index is 13.6. The van der Waals surface area contributed by atoms with Crippen molar-refractivity contribution in [1.29, 1.82) is 0 Å². The third-order valence-electron chi connectivity index (χ3n) is 4.73. The van der Waals surface area contributed by atoms with Gasteiger partial charge in [0.25, 0.3) is 0 Å². The number of thiophene rings is 1. The normalized spacial score (nSPS) is 23.9. The molecule has 1 aromatic heterocycles. The topological polar surface area (TPSA) is 46.2 Å². The van der Waals surface area contributed by atoms with Gasteiger partial charge in [-0.05, 0) is 35.6 Å². The summed E-state index contributed by atoms with van der Waals surface area (Å²) in [5.74, 6) is -0.629. The van der Waals surface area contributed by atoms with Crippen molar-refractivity contribution in [2.75, 3.05) is 0 Å². The second-order valence-electron chi connectivity index (χ2n) is 6.30. The van der Waals surface area contributed by atoms with E-state index in [2.05, 4.69) is 5.32 Å². The summed E-state index contributed by atoms with van der Waals surface area (Å²) in [6, 6.07) is 10.2. The van der Waals surface area contributed by atoms with E-state index in [1.807, 2.05) is 17.5 Å². The molecule has 0 bridgehead atoms. The van der Waals surface area contributed by atoms with Crippen LogP contribution in [-0.2, 0) is 9.59 Å². The molecule has 4 rings (SSSR count). The molecule has 2 heterocycles. The van der Waals surface area contributed by atoms with Crippen LogP contribution in [0.25, 0.3) is 0 Å². The monoisotopic (exact) mass is 341 g/mol. The van der Waals surface area contributed by atoms with Crippen molar-refractivity contribution in [3.8, 4) is 0 Å². The lowest BCUT2D eigenvalue weighted by molar-refractivity contribution is -0.122. The lowest BCUT2D eigenvalue weighted by atomic mass is 9.75. The number of benzene rings is 1. The highest BCUT2D eigenvalue weighted by atomic mass is 32.1. The predicted molar refractivity (Wildman–Crippen MR) is 90.2 cm³/mol. The number of hydrogen-bond acceptors (Lipinski definition) is 3. The van der Waals surface area contributed by atoms with Crippen molar-refractivity contribution < 1.29 is 14.0 Å². The molecule has 0 fully saturated rings. The number of carbonyl (C=O) groups is 2. The molecule has 0 spiro atoms. The molecule has 0 saturated heterocycles. The van der Waals surface area contributed by atoms with Crippen LogP contribution in [0.1, 0.15) is 41.5 Å². The summed E-state index contributed by atoms with van der Waals surface area (Å²) in [4.78, 5) is 26.1. The van der Waals surface area contributed by atoms with Crippen molar-refractivity contribution in [3.05, 3.63) is 69.3 Å². The summed E-state index contributed by atoms with van der Waals surface area (Å²) >= 11 is 1.63. The van der Waals surface area contributed by atoms with Gasteiger partial charge in [0, 0.05) is 40.8 Å². The van der Waals surface area contributed by atoms with E-state index in [0.29, 0.717) is 24.0 Å². The minimum Gasteiger partial charge on any atom is -0.329 e. The van der Waals surface area contributed by atoms with E-state index in [0.717, 1.165) is 10.6 Å². The highest BCUT2D eigenvalue weighted by Crippen LogP contribution is 2.43. The first kappa shape index (κ1) is 15.3. The number of amides is 1. The molecular weight excluding hydrogens is 325 g/mol. The fraction of sp³-hybridized carbons (Fsp3) is 0.263. The van der Waals surface area contributed by atoms with Crippen LogP contribution in [0.2, 0.25) is 0 Å². The van der Waals surface area contributed by atoms with E-state index in [9.17, 15) is 14.0 Å². The molecule has 1 amide bonds. The minimum absolute atomic E-state index is 0.0592. The highest BCUT2D eigenvalue weighted by Gasteiger charge is 2.38. The average molecular weight is 341 g/mol. The van der Waals surface area contributed by atoms with Crippen molar-refractivity contribution in [3.63, 3.8) is 0 Å². The van der Waals surface area contributed by atoms with E-state index in [1.54, 1.807) is 23.5 Å². The van der Waals surface area contributed by atoms with Crippen LogP contribution in [0.4, 0.5) is 4.39 Å². The Morgan fingerprint density at radius 2 is 1.96 bits per heavy atom. The van der Waals surface area contributed by atoms with Crippen molar-refractivity contribution in [2.24, 2.45) is 0 Å². The fourth-order valence-corrected chi connectivity index (χ4v) is 4.52. The second kappa shape index (κ2) is 5.98. The number of nitrogens with one attached hydrogen (secondary N) is 1. The van der Waals surface area contributed by atoms with Crippen LogP contribution < -0.4 is 5.32 Å². The number of carbonyl (C=O) groups excluding carboxylic acids is 2. The Morgan fingerprint density at radius 1 is 1.08 bits per heavy atom. The SMILES string of the molecule is O=C1C[C@@H](c2cccc(F)c2)C2=C(C[C@H](c3cccs3)CC2=O)N1. The lowest BCUT2D eigenvalue weighted by Gasteiger charge is -2.34. The van der Waals surface area contributed by atoms with Gasteiger partial charge in [-0.15, -0.1) is 11.3 Å². The van der Waals surface area contributed by atoms with Gasteiger partial charge in [0.15, 0.2) is 5.78 Å². The van der Waals surface area contributed by atoms with Gasteiger partial charge >= 0.3 is 0 Å². The molecule has 1 N–H and O–H groups in total. The van der Waals surface area contributed by atoms with Crippen LogP contribution in [0.15, 0.2) is 53.0 Å². The zero-order chi connectivity index (χ0) is 16.7. The molecule has 24 heavy (non-hydrogen) atoms. The highest BCUT2D eigenvalue weighted by molar-refractivity contribution is 7.10. The molecule has 0 radical (unpaired) electrons. The number of hydrogen-bond donors (Lipinski definition) is 1. The van der Waals surface area contributed by atoms with E-state index in [1.165, 1.54) is 12.1 Å². The van der Waals surface area contributed by atoms with Gasteiger partial charge in [-0.25, -0.2) is 4.39 Å². The standard InChI is InChI=1S/C19H16FNO2S/c20-13-4-1-3-11(7-13)14-10-18(23)21-15-8-12(9-16(22)19(14)15)17-5-2-6-24-17/h1-7,12,14H,8-10H2,(H,21,23)/t12-,14-/m0/s1. The second-order valence-corrected chi connectivity index (χ2v) is 7.28. The van der Waals surface area contributed by atoms with Gasteiger partial charge in [-0.2, -0.15) is 0 Å². The van der Waals surface area contributed by atoms with Crippen LogP contribution in [0, 0.1) is 5.82 Å². The number of rotatable bonds is 2. The lowest BCUT2D eigenvalue weighted by Crippen LogP contribution is -2.38. The number of halogens is 1. The molecule has 0 unspecified atom stereocenters.